The highest BCUT2D eigenvalue weighted by atomic mass is 16.6. The number of esters is 1. The standard InChI is InChI=1S/C14H17NO4/c1-14(2,3)19-12(16)10-5-4-9-6-7-18-13(17)15-11(9)8-10/h4-5,8H,6-7H2,1-3H3,(H,15,17). The molecular weight excluding hydrogens is 246 g/mol. The van der Waals surface area contributed by atoms with Crippen molar-refractivity contribution >= 4 is 17.7 Å². The van der Waals surface area contributed by atoms with Gasteiger partial charge >= 0.3 is 12.1 Å². The second-order valence-electron chi connectivity index (χ2n) is 5.38. The van der Waals surface area contributed by atoms with Crippen molar-refractivity contribution in [1.82, 2.24) is 0 Å². The molecule has 0 aliphatic carbocycles. The zero-order chi connectivity index (χ0) is 14.0. The first-order valence-electron chi connectivity index (χ1n) is 6.15. The fourth-order valence-corrected chi connectivity index (χ4v) is 1.77. The van der Waals surface area contributed by atoms with Crippen molar-refractivity contribution in [3.8, 4) is 0 Å². The first-order chi connectivity index (χ1) is 8.85. The van der Waals surface area contributed by atoms with Gasteiger partial charge in [0.25, 0.3) is 0 Å². The summed E-state index contributed by atoms with van der Waals surface area (Å²) in [5.41, 5.74) is 1.41. The Balaban J connectivity index is 2.25. The Bertz CT molecular complexity index is 517. The van der Waals surface area contributed by atoms with Crippen LogP contribution in [0.15, 0.2) is 18.2 Å². The molecule has 0 bridgehead atoms. The Morgan fingerprint density at radius 3 is 2.79 bits per heavy atom. The van der Waals surface area contributed by atoms with Crippen molar-refractivity contribution in [2.45, 2.75) is 32.8 Å². The third-order valence-corrected chi connectivity index (χ3v) is 2.59. The van der Waals surface area contributed by atoms with Gasteiger partial charge in [-0.2, -0.15) is 0 Å². The van der Waals surface area contributed by atoms with Gasteiger partial charge in [0.15, 0.2) is 0 Å². The molecule has 1 aromatic carbocycles. The number of carbonyl (C=O) groups excluding carboxylic acids is 2. The maximum atomic E-state index is 11.9. The van der Waals surface area contributed by atoms with Crippen molar-refractivity contribution in [3.05, 3.63) is 29.3 Å². The van der Waals surface area contributed by atoms with Gasteiger partial charge in [0, 0.05) is 12.1 Å². The molecule has 1 aliphatic rings. The molecular formula is C14H17NO4. The van der Waals surface area contributed by atoms with Crippen LogP contribution in [0.3, 0.4) is 0 Å². The first-order valence-corrected chi connectivity index (χ1v) is 6.15. The minimum absolute atomic E-state index is 0.338. The van der Waals surface area contributed by atoms with Crippen LogP contribution in [0.2, 0.25) is 0 Å². The average molecular weight is 263 g/mol. The molecule has 1 N–H and O–H groups in total. The zero-order valence-electron chi connectivity index (χ0n) is 11.3. The Morgan fingerprint density at radius 1 is 1.37 bits per heavy atom. The zero-order valence-corrected chi connectivity index (χ0v) is 11.3. The highest BCUT2D eigenvalue weighted by Crippen LogP contribution is 2.22. The molecule has 1 heterocycles. The highest BCUT2D eigenvalue weighted by molar-refractivity contribution is 5.93. The van der Waals surface area contributed by atoms with Gasteiger partial charge in [-0.25, -0.2) is 9.59 Å². The van der Waals surface area contributed by atoms with Crippen LogP contribution >= 0.6 is 0 Å². The summed E-state index contributed by atoms with van der Waals surface area (Å²) in [5, 5.41) is 2.61. The van der Waals surface area contributed by atoms with Gasteiger partial charge in [-0.1, -0.05) is 6.07 Å². The molecule has 0 aromatic heterocycles. The predicted octanol–water partition coefficient (Wildman–Crippen LogP) is 2.75. The van der Waals surface area contributed by atoms with E-state index in [2.05, 4.69) is 5.32 Å². The lowest BCUT2D eigenvalue weighted by molar-refractivity contribution is 0.00695. The van der Waals surface area contributed by atoms with Crippen molar-refractivity contribution in [2.24, 2.45) is 0 Å². The number of hydrogen-bond donors (Lipinski definition) is 1. The summed E-state index contributed by atoms with van der Waals surface area (Å²) in [4.78, 5) is 23.3. The molecule has 0 atom stereocenters. The molecule has 19 heavy (non-hydrogen) atoms. The quantitative estimate of drug-likeness (QED) is 0.791. The summed E-state index contributed by atoms with van der Waals surface area (Å²) in [7, 11) is 0. The number of fused-ring (bicyclic) bond motifs is 1. The van der Waals surface area contributed by atoms with Crippen LogP contribution in [-0.4, -0.2) is 24.3 Å². The molecule has 0 unspecified atom stereocenters. The largest absolute Gasteiger partial charge is 0.456 e. The van der Waals surface area contributed by atoms with Gasteiger partial charge in [-0.15, -0.1) is 0 Å². The van der Waals surface area contributed by atoms with Gasteiger partial charge in [0.05, 0.1) is 12.2 Å². The van der Waals surface area contributed by atoms with Crippen LogP contribution in [0.1, 0.15) is 36.7 Å². The highest BCUT2D eigenvalue weighted by Gasteiger charge is 2.20. The maximum absolute atomic E-state index is 11.9. The lowest BCUT2D eigenvalue weighted by atomic mass is 10.1. The van der Waals surface area contributed by atoms with Gasteiger partial charge in [0.1, 0.15) is 5.60 Å². The third-order valence-electron chi connectivity index (χ3n) is 2.59. The summed E-state index contributed by atoms with van der Waals surface area (Å²) >= 11 is 0. The fraction of sp³-hybridized carbons (Fsp3) is 0.429. The van der Waals surface area contributed by atoms with Crippen molar-refractivity contribution < 1.29 is 19.1 Å². The van der Waals surface area contributed by atoms with Crippen molar-refractivity contribution in [3.63, 3.8) is 0 Å². The predicted molar refractivity (Wildman–Crippen MR) is 70.3 cm³/mol. The number of cyclic esters (lactones) is 1. The van der Waals surface area contributed by atoms with E-state index in [4.69, 9.17) is 9.47 Å². The minimum Gasteiger partial charge on any atom is -0.456 e. The maximum Gasteiger partial charge on any atom is 0.411 e. The van der Waals surface area contributed by atoms with Crippen LogP contribution in [0, 0.1) is 0 Å². The van der Waals surface area contributed by atoms with E-state index in [1.165, 1.54) is 0 Å². The van der Waals surface area contributed by atoms with E-state index >= 15 is 0 Å². The molecule has 0 saturated heterocycles. The fourth-order valence-electron chi connectivity index (χ4n) is 1.77. The van der Waals surface area contributed by atoms with E-state index in [0.717, 1.165) is 5.56 Å². The second kappa shape index (κ2) is 4.91. The molecule has 0 fully saturated rings. The first kappa shape index (κ1) is 13.4. The van der Waals surface area contributed by atoms with Crippen LogP contribution in [0.5, 0.6) is 0 Å². The van der Waals surface area contributed by atoms with Crippen LogP contribution in [0.4, 0.5) is 10.5 Å². The van der Waals surface area contributed by atoms with Crippen LogP contribution in [0.25, 0.3) is 0 Å². The molecule has 0 saturated carbocycles. The van der Waals surface area contributed by atoms with Crippen molar-refractivity contribution in [1.29, 1.82) is 0 Å². The normalized spacial score (nSPS) is 14.8. The number of nitrogens with one attached hydrogen (secondary N) is 1. The molecule has 1 amide bonds. The van der Waals surface area contributed by atoms with Gasteiger partial charge in [-0.3, -0.25) is 5.32 Å². The number of hydrogen-bond acceptors (Lipinski definition) is 4. The van der Waals surface area contributed by atoms with E-state index in [-0.39, 0.29) is 0 Å². The Kier molecular flexibility index (Phi) is 3.46. The van der Waals surface area contributed by atoms with Crippen LogP contribution < -0.4 is 5.32 Å². The smallest absolute Gasteiger partial charge is 0.411 e. The van der Waals surface area contributed by atoms with E-state index in [0.29, 0.717) is 24.3 Å². The monoisotopic (exact) mass is 263 g/mol. The van der Waals surface area contributed by atoms with Gasteiger partial charge in [0.2, 0.25) is 0 Å². The lowest BCUT2D eigenvalue weighted by Crippen LogP contribution is -2.24. The Morgan fingerprint density at radius 2 is 2.11 bits per heavy atom. The van der Waals surface area contributed by atoms with Crippen LogP contribution in [-0.2, 0) is 15.9 Å². The summed E-state index contributed by atoms with van der Waals surface area (Å²) in [6.07, 6.45) is 0.128. The van der Waals surface area contributed by atoms with Gasteiger partial charge in [-0.05, 0) is 38.5 Å². The number of ether oxygens (including phenoxy) is 2. The number of benzene rings is 1. The summed E-state index contributed by atoms with van der Waals surface area (Å²) in [6.45, 7) is 5.77. The summed E-state index contributed by atoms with van der Waals surface area (Å²) in [5.74, 6) is -0.408. The van der Waals surface area contributed by atoms with Crippen molar-refractivity contribution in [2.75, 3.05) is 11.9 Å². The molecule has 1 aromatic rings. The number of carbonyl (C=O) groups is 2. The topological polar surface area (TPSA) is 64.6 Å². The summed E-state index contributed by atoms with van der Waals surface area (Å²) < 4.78 is 10.2. The molecule has 0 spiro atoms. The van der Waals surface area contributed by atoms with E-state index in [9.17, 15) is 9.59 Å². The van der Waals surface area contributed by atoms with Gasteiger partial charge < -0.3 is 9.47 Å². The average Bonchev–Trinajstić information content (AvgIpc) is 2.46. The molecule has 0 radical (unpaired) electrons. The van der Waals surface area contributed by atoms with E-state index in [1.54, 1.807) is 12.1 Å². The summed E-state index contributed by atoms with van der Waals surface area (Å²) in [6, 6.07) is 5.13. The number of rotatable bonds is 1. The third kappa shape index (κ3) is 3.47. The molecule has 1 aliphatic heterocycles. The molecule has 5 nitrogen and oxygen atoms in total. The minimum atomic E-state index is -0.545. The second-order valence-corrected chi connectivity index (χ2v) is 5.38. The SMILES string of the molecule is CC(C)(C)OC(=O)c1ccc2c(c1)NC(=O)OCC2. The Labute approximate surface area is 111 Å². The van der Waals surface area contributed by atoms with E-state index < -0.39 is 17.7 Å². The van der Waals surface area contributed by atoms with E-state index in [1.807, 2.05) is 26.8 Å². The molecule has 102 valence electrons. The Hall–Kier alpha value is -2.04. The molecule has 5 heteroatoms. The lowest BCUT2D eigenvalue weighted by Gasteiger charge is -2.19. The number of amides is 1. The number of anilines is 1. The molecule has 2 rings (SSSR count).